The highest BCUT2D eigenvalue weighted by atomic mass is 16.2. The van der Waals surface area contributed by atoms with Crippen molar-refractivity contribution < 1.29 is 9.59 Å². The van der Waals surface area contributed by atoms with E-state index in [-0.39, 0.29) is 23.5 Å². The highest BCUT2D eigenvalue weighted by Crippen LogP contribution is 2.12. The molecule has 0 aliphatic heterocycles. The summed E-state index contributed by atoms with van der Waals surface area (Å²) in [6.07, 6.45) is 3.11. The Bertz CT molecular complexity index is 752. The predicted molar refractivity (Wildman–Crippen MR) is 92.3 cm³/mol. The minimum atomic E-state index is -0.712. The van der Waals surface area contributed by atoms with Crippen LogP contribution in [0.15, 0.2) is 24.5 Å². The molecule has 0 spiro atoms. The quantitative estimate of drug-likeness (QED) is 0.620. The van der Waals surface area contributed by atoms with Crippen LogP contribution in [0.2, 0.25) is 0 Å². The number of aromatic nitrogens is 4. The molecule has 0 saturated heterocycles. The number of nitrogens with two attached hydrogens (primary N) is 1. The third-order valence-corrected chi connectivity index (χ3v) is 3.34. The molecule has 0 bridgehead atoms. The fourth-order valence-electron chi connectivity index (χ4n) is 2.16. The second-order valence-corrected chi connectivity index (χ2v) is 5.42. The van der Waals surface area contributed by atoms with Crippen molar-refractivity contribution in [1.29, 1.82) is 0 Å². The molecule has 1 atom stereocenters. The van der Waals surface area contributed by atoms with Gasteiger partial charge in [-0.1, -0.05) is 0 Å². The molecule has 2 heterocycles. The molecule has 0 aromatic carbocycles. The van der Waals surface area contributed by atoms with Gasteiger partial charge in [-0.05, 0) is 19.1 Å². The van der Waals surface area contributed by atoms with E-state index in [1.807, 2.05) is 6.92 Å². The first-order valence-corrected chi connectivity index (χ1v) is 7.56. The van der Waals surface area contributed by atoms with E-state index in [4.69, 9.17) is 5.73 Å². The van der Waals surface area contributed by atoms with Crippen LogP contribution < -0.4 is 21.3 Å². The minimum Gasteiger partial charge on any atom is -0.371 e. The third-order valence-electron chi connectivity index (χ3n) is 3.34. The van der Waals surface area contributed by atoms with E-state index in [2.05, 4.69) is 30.8 Å². The molecule has 10 nitrogen and oxygen atoms in total. The summed E-state index contributed by atoms with van der Waals surface area (Å²) >= 11 is 0. The SMILES string of the molecule is CNc1nc(N(C)CC(C)NC(=O)c2cccnc2)nnc1C(N)=O. The summed E-state index contributed by atoms with van der Waals surface area (Å²) in [5, 5.41) is 13.3. The molecule has 10 heteroatoms. The second-order valence-electron chi connectivity index (χ2n) is 5.42. The van der Waals surface area contributed by atoms with Crippen LogP contribution in [-0.2, 0) is 0 Å². The van der Waals surface area contributed by atoms with Gasteiger partial charge in [-0.2, -0.15) is 4.98 Å². The Balaban J connectivity index is 2.02. The van der Waals surface area contributed by atoms with E-state index in [0.717, 1.165) is 0 Å². The third kappa shape index (κ3) is 4.59. The fourth-order valence-corrected chi connectivity index (χ4v) is 2.16. The average Bonchev–Trinajstić information content (AvgIpc) is 2.61. The number of rotatable bonds is 7. The number of hydrogen-bond donors (Lipinski definition) is 3. The predicted octanol–water partition coefficient (Wildman–Crippen LogP) is -0.338. The van der Waals surface area contributed by atoms with Gasteiger partial charge in [0, 0.05) is 39.1 Å². The summed E-state index contributed by atoms with van der Waals surface area (Å²) in [5.41, 5.74) is 5.67. The van der Waals surface area contributed by atoms with E-state index in [9.17, 15) is 9.59 Å². The van der Waals surface area contributed by atoms with Crippen molar-refractivity contribution in [2.45, 2.75) is 13.0 Å². The van der Waals surface area contributed by atoms with Gasteiger partial charge < -0.3 is 21.3 Å². The Kier molecular flexibility index (Phi) is 5.77. The Morgan fingerprint density at radius 2 is 2.12 bits per heavy atom. The Morgan fingerprint density at radius 3 is 2.72 bits per heavy atom. The molecular weight excluding hydrogens is 324 g/mol. The Morgan fingerprint density at radius 1 is 1.36 bits per heavy atom. The van der Waals surface area contributed by atoms with E-state index < -0.39 is 5.91 Å². The number of nitrogens with one attached hydrogen (secondary N) is 2. The fraction of sp³-hybridized carbons (Fsp3) is 0.333. The zero-order valence-electron chi connectivity index (χ0n) is 14.2. The number of anilines is 2. The van der Waals surface area contributed by atoms with Crippen molar-refractivity contribution in [1.82, 2.24) is 25.5 Å². The molecule has 0 aliphatic carbocycles. The zero-order valence-corrected chi connectivity index (χ0v) is 14.2. The van der Waals surface area contributed by atoms with Gasteiger partial charge in [-0.25, -0.2) is 0 Å². The molecule has 2 aromatic rings. The maximum Gasteiger partial charge on any atom is 0.273 e. The number of nitrogens with zero attached hydrogens (tertiary/aromatic N) is 5. The molecule has 25 heavy (non-hydrogen) atoms. The van der Waals surface area contributed by atoms with Crippen molar-refractivity contribution in [2.24, 2.45) is 5.73 Å². The second kappa shape index (κ2) is 7.99. The van der Waals surface area contributed by atoms with Crippen molar-refractivity contribution in [3.05, 3.63) is 35.8 Å². The van der Waals surface area contributed by atoms with Crippen molar-refractivity contribution in [3.63, 3.8) is 0 Å². The van der Waals surface area contributed by atoms with Crippen molar-refractivity contribution in [2.75, 3.05) is 30.9 Å². The van der Waals surface area contributed by atoms with Crippen molar-refractivity contribution >= 4 is 23.6 Å². The zero-order chi connectivity index (χ0) is 18.4. The monoisotopic (exact) mass is 344 g/mol. The van der Waals surface area contributed by atoms with Crippen LogP contribution in [0.3, 0.4) is 0 Å². The number of carbonyl (C=O) groups excluding carboxylic acids is 2. The molecule has 0 saturated carbocycles. The molecule has 4 N–H and O–H groups in total. The van der Waals surface area contributed by atoms with Gasteiger partial charge in [-0.15, -0.1) is 10.2 Å². The van der Waals surface area contributed by atoms with Gasteiger partial charge in [0.15, 0.2) is 11.5 Å². The number of pyridine rings is 1. The maximum absolute atomic E-state index is 12.1. The standard InChI is InChI=1S/C15H20N8O2/c1-9(19-14(25)10-5-4-6-18-7-10)8-23(3)15-20-13(17-2)11(12(16)24)21-22-15/h4-7,9H,8H2,1-3H3,(H2,16,24)(H,19,25)(H,17,20,22). The summed E-state index contributed by atoms with van der Waals surface area (Å²) in [4.78, 5) is 33.2. The summed E-state index contributed by atoms with van der Waals surface area (Å²) in [6.45, 7) is 2.29. The first-order valence-electron chi connectivity index (χ1n) is 7.56. The van der Waals surface area contributed by atoms with Gasteiger partial charge >= 0.3 is 0 Å². The van der Waals surface area contributed by atoms with Crippen LogP contribution in [0.5, 0.6) is 0 Å². The first-order chi connectivity index (χ1) is 11.9. The van der Waals surface area contributed by atoms with Gasteiger partial charge in [0.1, 0.15) is 0 Å². The van der Waals surface area contributed by atoms with Crippen LogP contribution >= 0.6 is 0 Å². The van der Waals surface area contributed by atoms with Gasteiger partial charge in [0.05, 0.1) is 5.56 Å². The van der Waals surface area contributed by atoms with E-state index in [0.29, 0.717) is 18.1 Å². The van der Waals surface area contributed by atoms with Gasteiger partial charge in [0.2, 0.25) is 5.95 Å². The Hall–Kier alpha value is -3.30. The molecular formula is C15H20N8O2. The summed E-state index contributed by atoms with van der Waals surface area (Å²) in [5.74, 6) is -0.378. The topological polar surface area (TPSA) is 139 Å². The van der Waals surface area contributed by atoms with Crippen LogP contribution in [0, 0.1) is 0 Å². The highest BCUT2D eigenvalue weighted by Gasteiger charge is 2.17. The minimum absolute atomic E-state index is 0.0300. The first kappa shape index (κ1) is 18.0. The molecule has 1 unspecified atom stereocenters. The van der Waals surface area contributed by atoms with Gasteiger partial charge in [0.25, 0.3) is 11.8 Å². The van der Waals surface area contributed by atoms with Crippen LogP contribution in [0.1, 0.15) is 27.8 Å². The lowest BCUT2D eigenvalue weighted by Crippen LogP contribution is -2.41. The normalized spacial score (nSPS) is 11.5. The van der Waals surface area contributed by atoms with Crippen molar-refractivity contribution in [3.8, 4) is 0 Å². The number of amides is 2. The molecule has 2 rings (SSSR count). The summed E-state index contributed by atoms with van der Waals surface area (Å²) < 4.78 is 0. The molecule has 0 fully saturated rings. The van der Waals surface area contributed by atoms with E-state index >= 15 is 0 Å². The number of carbonyl (C=O) groups is 2. The molecule has 132 valence electrons. The largest absolute Gasteiger partial charge is 0.371 e. The lowest BCUT2D eigenvalue weighted by atomic mass is 10.2. The molecule has 2 aromatic heterocycles. The van der Waals surface area contributed by atoms with E-state index in [1.54, 1.807) is 37.3 Å². The highest BCUT2D eigenvalue weighted by molar-refractivity contribution is 5.95. The molecule has 2 amide bonds. The lowest BCUT2D eigenvalue weighted by Gasteiger charge is -2.22. The molecule has 0 radical (unpaired) electrons. The smallest absolute Gasteiger partial charge is 0.273 e. The van der Waals surface area contributed by atoms with E-state index in [1.165, 1.54) is 6.20 Å². The number of hydrogen-bond acceptors (Lipinski definition) is 8. The van der Waals surface area contributed by atoms with Gasteiger partial charge in [-0.3, -0.25) is 14.6 Å². The Labute approximate surface area is 144 Å². The average molecular weight is 344 g/mol. The van der Waals surface area contributed by atoms with Crippen LogP contribution in [0.25, 0.3) is 0 Å². The summed E-state index contributed by atoms with van der Waals surface area (Å²) in [7, 11) is 3.37. The molecule has 0 aliphatic rings. The maximum atomic E-state index is 12.1. The number of primary amides is 1. The number of likely N-dealkylation sites (N-methyl/N-ethyl adjacent to an activating group) is 1. The van der Waals surface area contributed by atoms with Crippen LogP contribution in [-0.4, -0.2) is 58.7 Å². The summed E-state index contributed by atoms with van der Waals surface area (Å²) in [6, 6.07) is 3.20. The lowest BCUT2D eigenvalue weighted by molar-refractivity contribution is 0.0939. The van der Waals surface area contributed by atoms with Crippen LogP contribution in [0.4, 0.5) is 11.8 Å².